The van der Waals surface area contributed by atoms with Gasteiger partial charge in [-0.3, -0.25) is 0 Å². The number of aryl methyl sites for hydroxylation is 1. The van der Waals surface area contributed by atoms with Crippen molar-refractivity contribution in [1.82, 2.24) is 15.5 Å². The van der Waals surface area contributed by atoms with Gasteiger partial charge in [0.2, 0.25) is 0 Å². The highest BCUT2D eigenvalue weighted by molar-refractivity contribution is 5.80. The highest BCUT2D eigenvalue weighted by atomic mass is 15.2. The minimum atomic E-state index is 0.742. The molecule has 0 unspecified atom stereocenters. The molecule has 138 valence electrons. The first-order chi connectivity index (χ1) is 12.6. The van der Waals surface area contributed by atoms with E-state index in [-0.39, 0.29) is 0 Å². The SMILES string of the molecule is C=C/C(C)=C1/C=C(c2ccccc2C)C=C(NCC2CCNCC2)N1C. The molecular weight excluding hydrogens is 318 g/mol. The minimum Gasteiger partial charge on any atom is -0.371 e. The Bertz CT molecular complexity index is 748. The Balaban J connectivity index is 1.90. The van der Waals surface area contributed by atoms with Gasteiger partial charge in [-0.1, -0.05) is 36.9 Å². The Labute approximate surface area is 158 Å². The van der Waals surface area contributed by atoms with E-state index >= 15 is 0 Å². The molecule has 2 aliphatic heterocycles. The summed E-state index contributed by atoms with van der Waals surface area (Å²) in [5, 5.41) is 7.16. The van der Waals surface area contributed by atoms with Crippen LogP contribution in [0.5, 0.6) is 0 Å². The van der Waals surface area contributed by atoms with Gasteiger partial charge in [-0.2, -0.15) is 0 Å². The molecule has 0 aliphatic carbocycles. The molecule has 2 N–H and O–H groups in total. The van der Waals surface area contributed by atoms with Gasteiger partial charge >= 0.3 is 0 Å². The van der Waals surface area contributed by atoms with E-state index in [2.05, 4.69) is 79.4 Å². The standard InChI is InChI=1S/C23H31N3/c1-5-17(2)22-14-20(21-9-7-6-8-18(21)3)15-23(26(22)4)25-16-19-10-12-24-13-11-19/h5-9,14-15,19,24-25H,1,10-13,16H2,2-4H3/b22-17-. The van der Waals surface area contributed by atoms with Crippen molar-refractivity contribution in [2.45, 2.75) is 26.7 Å². The monoisotopic (exact) mass is 349 g/mol. The summed E-state index contributed by atoms with van der Waals surface area (Å²) in [5.74, 6) is 1.91. The van der Waals surface area contributed by atoms with Gasteiger partial charge in [-0.05, 0) is 80.1 Å². The molecule has 1 fully saturated rings. The maximum Gasteiger partial charge on any atom is 0.106 e. The van der Waals surface area contributed by atoms with E-state index in [1.165, 1.54) is 46.6 Å². The fraction of sp³-hybridized carbons (Fsp3) is 0.391. The quantitative estimate of drug-likeness (QED) is 0.834. The molecule has 3 nitrogen and oxygen atoms in total. The van der Waals surface area contributed by atoms with Crippen molar-refractivity contribution in [2.75, 3.05) is 26.7 Å². The van der Waals surface area contributed by atoms with Crippen molar-refractivity contribution in [2.24, 2.45) is 5.92 Å². The summed E-state index contributed by atoms with van der Waals surface area (Å²) in [7, 11) is 2.13. The third kappa shape index (κ3) is 4.10. The second kappa shape index (κ2) is 8.41. The molecule has 26 heavy (non-hydrogen) atoms. The average Bonchev–Trinajstić information content (AvgIpc) is 2.68. The predicted octanol–water partition coefficient (Wildman–Crippen LogP) is 4.21. The number of nitrogens with zero attached hydrogens (tertiary/aromatic N) is 1. The molecule has 0 radical (unpaired) electrons. The summed E-state index contributed by atoms with van der Waals surface area (Å²) >= 11 is 0. The summed E-state index contributed by atoms with van der Waals surface area (Å²) in [6, 6.07) is 8.59. The number of hydrogen-bond acceptors (Lipinski definition) is 3. The van der Waals surface area contributed by atoms with E-state index in [4.69, 9.17) is 0 Å². The summed E-state index contributed by atoms with van der Waals surface area (Å²) in [6.07, 6.45) is 8.99. The lowest BCUT2D eigenvalue weighted by Crippen LogP contribution is -2.37. The third-order valence-electron chi connectivity index (χ3n) is 5.50. The highest BCUT2D eigenvalue weighted by Crippen LogP contribution is 2.30. The zero-order valence-corrected chi connectivity index (χ0v) is 16.3. The zero-order chi connectivity index (χ0) is 18.5. The van der Waals surface area contributed by atoms with Crippen LogP contribution in [-0.4, -0.2) is 31.6 Å². The van der Waals surface area contributed by atoms with E-state index in [0.29, 0.717) is 0 Å². The lowest BCUT2D eigenvalue weighted by Gasteiger charge is -2.32. The highest BCUT2D eigenvalue weighted by Gasteiger charge is 2.20. The lowest BCUT2D eigenvalue weighted by molar-refractivity contribution is 0.350. The lowest BCUT2D eigenvalue weighted by atomic mass is 9.95. The molecule has 0 saturated carbocycles. The van der Waals surface area contributed by atoms with Gasteiger partial charge < -0.3 is 15.5 Å². The second-order valence-corrected chi connectivity index (χ2v) is 7.35. The van der Waals surface area contributed by atoms with Crippen LogP contribution in [0.4, 0.5) is 0 Å². The Hall–Kier alpha value is -2.26. The molecule has 2 aliphatic rings. The molecule has 0 aromatic heterocycles. The van der Waals surface area contributed by atoms with Crippen molar-refractivity contribution in [1.29, 1.82) is 0 Å². The molecular formula is C23H31N3. The first-order valence-electron chi connectivity index (χ1n) is 9.61. The zero-order valence-electron chi connectivity index (χ0n) is 16.3. The van der Waals surface area contributed by atoms with Crippen LogP contribution < -0.4 is 10.6 Å². The normalized spacial score (nSPS) is 20.3. The van der Waals surface area contributed by atoms with Crippen LogP contribution in [0.2, 0.25) is 0 Å². The van der Waals surface area contributed by atoms with Crippen LogP contribution in [0, 0.1) is 12.8 Å². The summed E-state index contributed by atoms with van der Waals surface area (Å²) in [5.41, 5.74) is 6.23. The fourth-order valence-corrected chi connectivity index (χ4v) is 3.70. The first-order valence-corrected chi connectivity index (χ1v) is 9.61. The topological polar surface area (TPSA) is 27.3 Å². The van der Waals surface area contributed by atoms with E-state index in [0.717, 1.165) is 25.6 Å². The number of nitrogens with one attached hydrogen (secondary N) is 2. The van der Waals surface area contributed by atoms with Crippen LogP contribution in [0.15, 0.2) is 66.2 Å². The molecule has 0 amide bonds. The number of likely N-dealkylation sites (N-methyl/N-ethyl adjacent to an activating group) is 1. The smallest absolute Gasteiger partial charge is 0.106 e. The Morgan fingerprint density at radius 2 is 2.00 bits per heavy atom. The average molecular weight is 350 g/mol. The molecule has 0 atom stereocenters. The number of piperidine rings is 1. The molecule has 3 rings (SSSR count). The van der Waals surface area contributed by atoms with Crippen LogP contribution in [-0.2, 0) is 0 Å². The summed E-state index contributed by atoms with van der Waals surface area (Å²) in [6.45, 7) is 11.6. The Morgan fingerprint density at radius 3 is 2.69 bits per heavy atom. The van der Waals surface area contributed by atoms with Gasteiger partial charge in [0, 0.05) is 19.3 Å². The number of hydrogen-bond donors (Lipinski definition) is 2. The Morgan fingerprint density at radius 1 is 1.27 bits per heavy atom. The summed E-state index contributed by atoms with van der Waals surface area (Å²) < 4.78 is 0. The molecule has 1 aromatic carbocycles. The van der Waals surface area contributed by atoms with E-state index in [1.807, 2.05) is 6.08 Å². The second-order valence-electron chi connectivity index (χ2n) is 7.35. The van der Waals surface area contributed by atoms with Gasteiger partial charge in [-0.15, -0.1) is 0 Å². The van der Waals surface area contributed by atoms with Crippen molar-refractivity contribution in [3.8, 4) is 0 Å². The Kier molecular flexibility index (Phi) is 6.00. The molecule has 2 heterocycles. The molecule has 3 heteroatoms. The number of rotatable bonds is 5. The number of allylic oxidation sites excluding steroid dienone is 5. The van der Waals surface area contributed by atoms with E-state index in [9.17, 15) is 0 Å². The summed E-state index contributed by atoms with van der Waals surface area (Å²) in [4.78, 5) is 2.25. The van der Waals surface area contributed by atoms with Gasteiger partial charge in [0.15, 0.2) is 0 Å². The van der Waals surface area contributed by atoms with Crippen LogP contribution in [0.25, 0.3) is 5.57 Å². The van der Waals surface area contributed by atoms with Gasteiger partial charge in [-0.25, -0.2) is 0 Å². The van der Waals surface area contributed by atoms with Crippen molar-refractivity contribution in [3.05, 3.63) is 77.3 Å². The molecule has 1 aromatic rings. The van der Waals surface area contributed by atoms with Crippen molar-refractivity contribution >= 4 is 5.57 Å². The van der Waals surface area contributed by atoms with Crippen LogP contribution in [0.1, 0.15) is 30.9 Å². The van der Waals surface area contributed by atoms with Crippen molar-refractivity contribution < 1.29 is 0 Å². The minimum absolute atomic E-state index is 0.742. The van der Waals surface area contributed by atoms with Gasteiger partial charge in [0.1, 0.15) is 5.82 Å². The molecule has 0 spiro atoms. The maximum absolute atomic E-state index is 3.97. The van der Waals surface area contributed by atoms with Crippen LogP contribution in [0.3, 0.4) is 0 Å². The first kappa shape index (κ1) is 18.5. The maximum atomic E-state index is 3.97. The van der Waals surface area contributed by atoms with E-state index in [1.54, 1.807) is 0 Å². The molecule has 0 bridgehead atoms. The fourth-order valence-electron chi connectivity index (χ4n) is 3.70. The third-order valence-corrected chi connectivity index (χ3v) is 5.50. The number of benzene rings is 1. The van der Waals surface area contributed by atoms with E-state index < -0.39 is 0 Å². The van der Waals surface area contributed by atoms with Crippen molar-refractivity contribution in [3.63, 3.8) is 0 Å². The van der Waals surface area contributed by atoms with Crippen LogP contribution >= 0.6 is 0 Å². The predicted molar refractivity (Wildman–Crippen MR) is 111 cm³/mol. The molecule has 1 saturated heterocycles. The van der Waals surface area contributed by atoms with Gasteiger partial charge in [0.05, 0.1) is 0 Å². The largest absolute Gasteiger partial charge is 0.371 e. The van der Waals surface area contributed by atoms with Gasteiger partial charge in [0.25, 0.3) is 0 Å².